The van der Waals surface area contributed by atoms with E-state index in [-0.39, 0.29) is 28.9 Å². The molecule has 468 valence electrons. The Kier molecular flexibility index (Phi) is 17.8. The van der Waals surface area contributed by atoms with Crippen LogP contribution in [0.3, 0.4) is 0 Å². The maximum absolute atomic E-state index is 6.65. The Balaban J connectivity index is 0.766. The van der Waals surface area contributed by atoms with Crippen molar-refractivity contribution in [2.24, 2.45) is 46.8 Å². The number of hydrogen-bond acceptors (Lipinski definition) is 3. The molecule has 92 heavy (non-hydrogen) atoms. The molecule has 0 saturated heterocycles. The Morgan fingerprint density at radius 3 is 2.11 bits per heavy atom. The lowest BCUT2D eigenvalue weighted by molar-refractivity contribution is 0.0578. The maximum Gasteiger partial charge on any atom is 0.0793 e. The summed E-state index contributed by atoms with van der Waals surface area (Å²) in [5, 5.41) is 0. The highest BCUT2D eigenvalue weighted by atomic mass is 16.5. The lowest BCUT2D eigenvalue weighted by atomic mass is 9.58. The van der Waals surface area contributed by atoms with Crippen LogP contribution in [-0.2, 0) is 10.2 Å². The summed E-state index contributed by atoms with van der Waals surface area (Å²) in [5.74, 6) is 3.85. The third kappa shape index (κ3) is 12.3. The van der Waals surface area contributed by atoms with E-state index in [1.807, 2.05) is 12.2 Å². The van der Waals surface area contributed by atoms with Gasteiger partial charge in [0, 0.05) is 52.3 Å². The molecule has 0 spiro atoms. The standard InChI is InChI=1S/C89H96N2O/c1-8-63-26-30-65(31-27-63)68-40-51-79(52-41-68)92-60-62(4)25-24-61(3)59-89(74-18-12-10-13-19-74)84-23-17-16-22-80(84)81-53-50-78(58-85(81)89)90(76-46-36-67(37-47-76)66-34-44-73(45-35-66)88(5,6)7)77-48-38-70(39-49-77)72-43-55-87-83(57-72)82-56-71(69-32-28-64(9-2)29-33-69)42-54-86(82)91(87)75-20-14-11-15-21-75/h8-10,12-14,16-18,20-23,26,28-35,38-44,46,48-51,53-58,61-63,67,73-74,79-80,83-84,87H,1-2,11,15,19,24-25,27,36-37,45,47,52,59-60H2,3-7H3. The molecule has 14 rings (SSSR count). The van der Waals surface area contributed by atoms with E-state index in [2.05, 4.69) is 288 Å². The van der Waals surface area contributed by atoms with Crippen LogP contribution in [0.5, 0.6) is 0 Å². The van der Waals surface area contributed by atoms with Crippen molar-refractivity contribution < 1.29 is 4.74 Å². The predicted octanol–water partition coefficient (Wildman–Crippen LogP) is 23.1. The summed E-state index contributed by atoms with van der Waals surface area (Å²) < 4.78 is 6.65. The molecule has 0 fully saturated rings. The van der Waals surface area contributed by atoms with Crippen molar-refractivity contribution in [3.8, 4) is 11.1 Å². The Bertz CT molecular complexity index is 3950. The molecule has 0 bridgehead atoms. The first kappa shape index (κ1) is 61.5. The van der Waals surface area contributed by atoms with Gasteiger partial charge in [0.15, 0.2) is 0 Å². The third-order valence-electron chi connectivity index (χ3n) is 22.5. The smallest absolute Gasteiger partial charge is 0.0793 e. The lowest BCUT2D eigenvalue weighted by Gasteiger charge is -2.45. The van der Waals surface area contributed by atoms with Crippen molar-refractivity contribution in [1.82, 2.24) is 0 Å². The van der Waals surface area contributed by atoms with E-state index in [0.29, 0.717) is 47.3 Å². The van der Waals surface area contributed by atoms with Crippen LogP contribution < -0.4 is 9.80 Å². The van der Waals surface area contributed by atoms with Crippen molar-refractivity contribution in [3.05, 3.63) is 306 Å². The number of hydrogen-bond donors (Lipinski definition) is 0. The Hall–Kier alpha value is -7.98. The van der Waals surface area contributed by atoms with Gasteiger partial charge in [-0.05, 0) is 221 Å². The number of anilines is 3. The molecule has 12 unspecified atom stereocenters. The first-order valence-electron chi connectivity index (χ1n) is 35.2. The average Bonchev–Trinajstić information content (AvgIpc) is 1.55. The molecule has 0 radical (unpaired) electrons. The van der Waals surface area contributed by atoms with Crippen LogP contribution >= 0.6 is 0 Å². The molecule has 0 amide bonds. The largest absolute Gasteiger partial charge is 0.374 e. The minimum atomic E-state index is -0.0801. The van der Waals surface area contributed by atoms with E-state index in [9.17, 15) is 0 Å². The maximum atomic E-state index is 6.65. The second-order valence-electron chi connectivity index (χ2n) is 29.5. The molecule has 9 aliphatic carbocycles. The van der Waals surface area contributed by atoms with Crippen molar-refractivity contribution >= 4 is 28.7 Å². The SMILES string of the molecule is C=Cc1ccc(-c2ccc3c(c2)C2C=C(c4ccc(N(C5=CCC(C6=CCC(C(C)(C)C)C=C6)CC5)c5ccc6c(c5)C(CC(C)CCC(C)COC5C=CC(C7=CCC(C=C)C=C7)=CC5)(C5C=CC=CC5)C5C=CC=CC65)cc4)C=CC2N3C2=CCCC=C2)cc1. The molecule has 4 aromatic rings. The minimum Gasteiger partial charge on any atom is -0.374 e. The highest BCUT2D eigenvalue weighted by molar-refractivity contribution is 5.84. The molecule has 0 aromatic heterocycles. The molecule has 4 aromatic carbocycles. The van der Waals surface area contributed by atoms with Gasteiger partial charge in [-0.1, -0.05) is 248 Å². The molecule has 12 atom stereocenters. The van der Waals surface area contributed by atoms with Crippen molar-refractivity contribution in [2.45, 2.75) is 141 Å². The zero-order valence-electron chi connectivity index (χ0n) is 55.4. The van der Waals surface area contributed by atoms with Crippen molar-refractivity contribution in [3.63, 3.8) is 0 Å². The molecule has 3 nitrogen and oxygen atoms in total. The summed E-state index contributed by atoms with van der Waals surface area (Å²) in [7, 11) is 0. The predicted molar refractivity (Wildman–Crippen MR) is 392 cm³/mol. The average molecular weight is 1210 g/mol. The van der Waals surface area contributed by atoms with E-state index >= 15 is 0 Å². The number of nitrogens with zero attached hydrogens (tertiary/aromatic N) is 2. The molecule has 10 aliphatic rings. The van der Waals surface area contributed by atoms with E-state index in [0.717, 1.165) is 82.8 Å². The number of rotatable bonds is 19. The normalized spacial score (nSPS) is 28.0. The summed E-state index contributed by atoms with van der Waals surface area (Å²) in [6.45, 7) is 20.9. The van der Waals surface area contributed by atoms with E-state index in [4.69, 9.17) is 4.74 Å². The van der Waals surface area contributed by atoms with Crippen LogP contribution in [0.15, 0.2) is 278 Å². The zero-order valence-corrected chi connectivity index (χ0v) is 55.4. The van der Waals surface area contributed by atoms with Gasteiger partial charge in [-0.2, -0.15) is 0 Å². The van der Waals surface area contributed by atoms with Crippen LogP contribution in [0.25, 0.3) is 22.8 Å². The first-order valence-corrected chi connectivity index (χ1v) is 35.2. The number of benzene rings is 4. The second-order valence-corrected chi connectivity index (χ2v) is 29.5. The van der Waals surface area contributed by atoms with Crippen LogP contribution in [0.2, 0.25) is 0 Å². The van der Waals surface area contributed by atoms with Crippen LogP contribution in [0.4, 0.5) is 17.1 Å². The number of ether oxygens (including phenoxy) is 1. The summed E-state index contributed by atoms with van der Waals surface area (Å²) in [4.78, 5) is 5.27. The molecular formula is C89H96N2O. The quantitative estimate of drug-likeness (QED) is 0.0871. The van der Waals surface area contributed by atoms with Gasteiger partial charge in [-0.15, -0.1) is 6.58 Å². The van der Waals surface area contributed by atoms with Gasteiger partial charge < -0.3 is 14.5 Å². The van der Waals surface area contributed by atoms with Gasteiger partial charge in [0.25, 0.3) is 0 Å². The summed E-state index contributed by atoms with van der Waals surface area (Å²) >= 11 is 0. The van der Waals surface area contributed by atoms with Gasteiger partial charge in [0.05, 0.1) is 12.1 Å². The highest BCUT2D eigenvalue weighted by Gasteiger charge is 2.54. The molecule has 1 heterocycles. The summed E-state index contributed by atoms with van der Waals surface area (Å²) in [6, 6.07) is 33.6. The zero-order chi connectivity index (χ0) is 62.9. The van der Waals surface area contributed by atoms with Gasteiger partial charge in [0.2, 0.25) is 0 Å². The van der Waals surface area contributed by atoms with Crippen LogP contribution in [0.1, 0.15) is 151 Å². The van der Waals surface area contributed by atoms with Crippen molar-refractivity contribution in [2.75, 3.05) is 16.4 Å². The van der Waals surface area contributed by atoms with E-state index in [1.165, 1.54) is 85.0 Å². The van der Waals surface area contributed by atoms with E-state index < -0.39 is 0 Å². The van der Waals surface area contributed by atoms with Crippen molar-refractivity contribution in [1.29, 1.82) is 0 Å². The highest BCUT2D eigenvalue weighted by Crippen LogP contribution is 2.62. The summed E-state index contributed by atoms with van der Waals surface area (Å²) in [5.41, 5.74) is 21.5. The molecular weight excluding hydrogens is 1110 g/mol. The van der Waals surface area contributed by atoms with Gasteiger partial charge in [-0.3, -0.25) is 0 Å². The molecule has 1 aliphatic heterocycles. The van der Waals surface area contributed by atoms with Gasteiger partial charge in [0.1, 0.15) is 0 Å². The number of allylic oxidation sites excluding steroid dienone is 26. The first-order chi connectivity index (χ1) is 44.9. The topological polar surface area (TPSA) is 15.7 Å². The fourth-order valence-corrected chi connectivity index (χ4v) is 17.2. The van der Waals surface area contributed by atoms with Gasteiger partial charge >= 0.3 is 0 Å². The second kappa shape index (κ2) is 26.6. The van der Waals surface area contributed by atoms with Gasteiger partial charge in [-0.25, -0.2) is 0 Å². The molecule has 0 N–H and O–H groups in total. The third-order valence-corrected chi connectivity index (χ3v) is 22.5. The minimum absolute atomic E-state index is 0.0801. The Morgan fingerprint density at radius 2 is 1.40 bits per heavy atom. The van der Waals surface area contributed by atoms with Crippen LogP contribution in [-0.4, -0.2) is 18.8 Å². The van der Waals surface area contributed by atoms with Crippen LogP contribution in [0, 0.1) is 46.8 Å². The number of fused-ring (bicyclic) bond motifs is 6. The monoisotopic (exact) mass is 1210 g/mol. The Morgan fingerprint density at radius 1 is 0.630 bits per heavy atom. The summed E-state index contributed by atoms with van der Waals surface area (Å²) in [6.07, 6.45) is 75.1. The molecule has 3 heteroatoms. The van der Waals surface area contributed by atoms with E-state index in [1.54, 1.807) is 5.56 Å². The molecule has 0 saturated carbocycles. The lowest BCUT2D eigenvalue weighted by Crippen LogP contribution is -2.41. The Labute approximate surface area is 551 Å². The fourth-order valence-electron chi connectivity index (χ4n) is 17.2. The fraction of sp³-hybridized carbons (Fsp3) is 0.348.